The molecule has 0 saturated heterocycles. The molecule has 0 saturated carbocycles. The van der Waals surface area contributed by atoms with E-state index in [0.717, 1.165) is 140 Å². The Morgan fingerprint density at radius 1 is 0.352 bits per heavy atom. The molecule has 0 spiro atoms. The van der Waals surface area contributed by atoms with E-state index in [1.165, 1.54) is 96.8 Å². The molecule has 0 amide bonds. The molecule has 0 aliphatic carbocycles. The van der Waals surface area contributed by atoms with Crippen LogP contribution in [0.5, 0.6) is 0 Å². The van der Waals surface area contributed by atoms with Crippen LogP contribution in [0.2, 0.25) is 0 Å². The number of fused-ring (bicyclic) bond motifs is 3. The van der Waals surface area contributed by atoms with E-state index in [1.807, 2.05) is 143 Å². The van der Waals surface area contributed by atoms with E-state index in [-0.39, 0.29) is 133 Å². The van der Waals surface area contributed by atoms with Crippen LogP contribution in [0.25, 0.3) is 66.1 Å². The predicted octanol–water partition coefficient (Wildman–Crippen LogP) is 31.6. The molecule has 3 radical (unpaired) electrons. The summed E-state index contributed by atoms with van der Waals surface area (Å²) in [5.74, 6) is 2.17. The standard InChI is InChI=1S/2C22H24N.C21H22N.3C15H28O2.3Ir/c1-15-10-16(2)12-19(11-15)21-20-13-17(14-22(3,4)5)6-7-18(20)8-9-23-21;1-5-17(6-2)18-7-8-21-19(14-18)9-10-23-22(21)20-12-15(3)11-16(4)13-20;1-14(2)9-17-5-6-20-18(13-17)7-8-22-21(20)19-11-15(3)10-16(4)12-19;3*1-7-14(5,8-2)12(16)11-13(17)15(6,9-3)10-4;;;/h6-11,13H,14H2,1-5H3;7-12,14,17H,5-6H2,1-4H3;5-8,10-11,13-14H,9H2,1-4H3;3*11,16H,7-10H2,1-6H3;;;/q3*-1;;;;;;. The van der Waals surface area contributed by atoms with Crippen molar-refractivity contribution in [3.05, 3.63) is 232 Å². The average Bonchev–Trinajstić information content (AvgIpc) is 0.798. The number of benzene rings is 6. The average molecular weight is 2190 g/mol. The molecule has 9 rings (SSSR count). The molecule has 12 heteroatoms. The molecule has 675 valence electrons. The quantitative estimate of drug-likeness (QED) is 0.0227. The topological polar surface area (TPSA) is 151 Å². The van der Waals surface area contributed by atoms with E-state index < -0.39 is 0 Å². The second-order valence-electron chi connectivity index (χ2n) is 37.0. The van der Waals surface area contributed by atoms with Gasteiger partial charge in [-0.05, 0) is 204 Å². The van der Waals surface area contributed by atoms with Crippen LogP contribution < -0.4 is 0 Å². The minimum atomic E-state index is -0.337. The Morgan fingerprint density at radius 3 is 0.943 bits per heavy atom. The van der Waals surface area contributed by atoms with Crippen LogP contribution in [0, 0.1) is 104 Å². The van der Waals surface area contributed by atoms with E-state index in [9.17, 15) is 29.7 Å². The first-order chi connectivity index (χ1) is 55.8. The largest absolute Gasteiger partial charge is 0.512 e. The molecule has 0 aliphatic heterocycles. The van der Waals surface area contributed by atoms with Gasteiger partial charge in [0.05, 0.1) is 0 Å². The summed E-state index contributed by atoms with van der Waals surface area (Å²) in [7, 11) is 0. The summed E-state index contributed by atoms with van der Waals surface area (Å²) in [6, 6.07) is 49.9. The van der Waals surface area contributed by atoms with Crippen molar-refractivity contribution < 1.29 is 90.0 Å². The Kier molecular flexibility index (Phi) is 47.9. The number of hydrogen-bond donors (Lipinski definition) is 3. The SMILES string of the molecule is CCC(C)(CC)C(=O)C=C(O)C(C)(CC)CC.CCC(C)(CC)C(=O)C=C(O)C(C)(CC)CC.CCC(C)(CC)C(=O)C=C(O)C(C)(CC)CC.CCC(CC)c1ccc2c(-c3[c-]c(C)cc(C)c3)nccc2c1.Cc1[c-]c(-c2nccc3cc(CC(C)C)ccc23)cc(C)c1.Cc1[c-]c(-c2nccc3ccc(CC(C)(C)C)cc23)cc(C)c1.[Ir].[Ir].[Ir]. The van der Waals surface area contributed by atoms with E-state index in [4.69, 9.17) is 0 Å². The minimum absolute atomic E-state index is 0. The second-order valence-corrected chi connectivity index (χ2v) is 37.0. The summed E-state index contributed by atoms with van der Waals surface area (Å²) < 4.78 is 0. The number of nitrogens with zero attached hydrogens (tertiary/aromatic N) is 3. The number of pyridine rings is 3. The normalized spacial score (nSPS) is 12.2. The van der Waals surface area contributed by atoms with Gasteiger partial charge in [-0.1, -0.05) is 269 Å². The third kappa shape index (κ3) is 31.9. The van der Waals surface area contributed by atoms with Crippen LogP contribution in [0.15, 0.2) is 163 Å². The van der Waals surface area contributed by atoms with Crippen molar-refractivity contribution in [3.8, 4) is 33.8 Å². The van der Waals surface area contributed by atoms with Gasteiger partial charge in [-0.3, -0.25) is 14.4 Å². The number of aryl methyl sites for hydroxylation is 6. The smallest absolute Gasteiger partial charge is 0.164 e. The van der Waals surface area contributed by atoms with Crippen molar-refractivity contribution in [3.63, 3.8) is 0 Å². The summed E-state index contributed by atoms with van der Waals surface area (Å²) in [5, 5.41) is 37.8. The zero-order valence-electron chi connectivity index (χ0n) is 80.7. The number of rotatable bonds is 30. The number of aliphatic hydroxyl groups is 3. The van der Waals surface area contributed by atoms with E-state index in [1.54, 1.807) is 0 Å². The number of aromatic nitrogens is 3. The maximum Gasteiger partial charge on any atom is 0.164 e. The molecule has 0 atom stereocenters. The van der Waals surface area contributed by atoms with Gasteiger partial charge in [-0.2, -0.15) is 0 Å². The Hall–Kier alpha value is -6.87. The fourth-order valence-electron chi connectivity index (χ4n) is 14.7. The Labute approximate surface area is 780 Å². The Balaban J connectivity index is 0.000000733. The van der Waals surface area contributed by atoms with Gasteiger partial charge in [-0.15, -0.1) is 105 Å². The van der Waals surface area contributed by atoms with Crippen molar-refractivity contribution in [2.24, 2.45) is 43.8 Å². The zero-order chi connectivity index (χ0) is 89.8. The molecule has 0 bridgehead atoms. The third-order valence-corrected chi connectivity index (χ3v) is 26.3. The van der Waals surface area contributed by atoms with Crippen molar-refractivity contribution in [1.82, 2.24) is 15.0 Å². The zero-order valence-corrected chi connectivity index (χ0v) is 87.9. The molecule has 0 unspecified atom stereocenters. The molecular weight excluding hydrogens is 2040 g/mol. The van der Waals surface area contributed by atoms with Crippen molar-refractivity contribution in [2.45, 2.75) is 323 Å². The van der Waals surface area contributed by atoms with E-state index >= 15 is 0 Å². The van der Waals surface area contributed by atoms with Crippen LogP contribution in [0.1, 0.15) is 319 Å². The van der Waals surface area contributed by atoms with E-state index in [2.05, 4.69) is 232 Å². The summed E-state index contributed by atoms with van der Waals surface area (Å²) >= 11 is 0. The van der Waals surface area contributed by atoms with Gasteiger partial charge in [0.15, 0.2) is 17.3 Å². The van der Waals surface area contributed by atoms with Gasteiger partial charge >= 0.3 is 0 Å². The number of hydrogen-bond acceptors (Lipinski definition) is 9. The molecule has 3 N–H and O–H groups in total. The predicted molar refractivity (Wildman–Crippen MR) is 511 cm³/mol. The van der Waals surface area contributed by atoms with Gasteiger partial charge in [-0.25, -0.2) is 0 Å². The fourth-order valence-corrected chi connectivity index (χ4v) is 14.7. The van der Waals surface area contributed by atoms with Crippen LogP contribution in [-0.4, -0.2) is 47.6 Å². The molecule has 9 aromatic rings. The molecular formula is C110H154Ir3N3O6-3. The maximum atomic E-state index is 12.2. The third-order valence-electron chi connectivity index (χ3n) is 26.3. The molecule has 3 heterocycles. The molecule has 0 aliphatic rings. The summed E-state index contributed by atoms with van der Waals surface area (Å²) in [4.78, 5) is 50.5. The molecule has 0 fully saturated rings. The number of carbonyl (C=O) groups is 3. The van der Waals surface area contributed by atoms with E-state index in [0.29, 0.717) is 11.8 Å². The summed E-state index contributed by atoms with van der Waals surface area (Å²) in [5.41, 5.74) is 16.2. The fraction of sp³-hybridized carbons (Fsp3) is 0.509. The molecule has 122 heavy (non-hydrogen) atoms. The minimum Gasteiger partial charge on any atom is -0.512 e. The van der Waals surface area contributed by atoms with Gasteiger partial charge in [0.25, 0.3) is 0 Å². The van der Waals surface area contributed by atoms with Crippen molar-refractivity contribution in [1.29, 1.82) is 0 Å². The van der Waals surface area contributed by atoms with Gasteiger partial charge in [0.1, 0.15) is 17.3 Å². The molecule has 3 aromatic heterocycles. The van der Waals surface area contributed by atoms with Crippen LogP contribution in [-0.2, 0) is 87.5 Å². The van der Waals surface area contributed by atoms with Crippen molar-refractivity contribution in [2.75, 3.05) is 0 Å². The Bertz CT molecular complexity index is 4670. The first-order valence-electron chi connectivity index (χ1n) is 44.9. The number of allylic oxidation sites excluding steroid dienone is 6. The first-order valence-corrected chi connectivity index (χ1v) is 44.9. The van der Waals surface area contributed by atoms with Crippen molar-refractivity contribution >= 4 is 49.7 Å². The van der Waals surface area contributed by atoms with Crippen LogP contribution in [0.4, 0.5) is 0 Å². The number of aliphatic hydroxyl groups excluding tert-OH is 3. The summed E-state index contributed by atoms with van der Waals surface area (Å²) in [6.45, 7) is 64.8. The molecule has 6 aromatic carbocycles. The first kappa shape index (κ1) is 113. The van der Waals surface area contributed by atoms with Gasteiger partial charge in [0, 0.05) is 130 Å². The summed E-state index contributed by atoms with van der Waals surface area (Å²) in [6.07, 6.45) is 24.5. The molecule has 9 nitrogen and oxygen atoms in total. The van der Waals surface area contributed by atoms with Gasteiger partial charge < -0.3 is 30.3 Å². The van der Waals surface area contributed by atoms with Gasteiger partial charge in [0.2, 0.25) is 0 Å². The second kappa shape index (κ2) is 51.7. The number of ketones is 3. The van der Waals surface area contributed by atoms with Crippen LogP contribution in [0.3, 0.4) is 0 Å². The monoisotopic (exact) mass is 2190 g/mol. The maximum absolute atomic E-state index is 12.2. The Morgan fingerprint density at radius 2 is 0.648 bits per heavy atom. The van der Waals surface area contributed by atoms with Crippen LogP contribution >= 0.6 is 0 Å². The number of carbonyl (C=O) groups excluding carboxylic acids is 3.